The van der Waals surface area contributed by atoms with Gasteiger partial charge in [-0.15, -0.1) is 0 Å². The van der Waals surface area contributed by atoms with Crippen LogP contribution in [0.5, 0.6) is 0 Å². The van der Waals surface area contributed by atoms with Gasteiger partial charge in [-0.3, -0.25) is 4.79 Å². The van der Waals surface area contributed by atoms with Gasteiger partial charge < -0.3 is 9.30 Å². The molecular weight excluding hydrogens is 424 g/mol. The largest absolute Gasteiger partial charge is 0.383 e. The van der Waals surface area contributed by atoms with Crippen LogP contribution in [0.4, 0.5) is 0 Å². The zero-order valence-corrected chi connectivity index (χ0v) is 18.4. The molecule has 6 heteroatoms. The number of rotatable bonds is 5. The third kappa shape index (κ3) is 4.57. The fraction of sp³-hybridized carbons (Fsp3) is 0.333. The molecule has 1 heterocycles. The van der Waals surface area contributed by atoms with Crippen LogP contribution < -0.4 is 4.80 Å². The molecular formula is C21H23BrN2O2S. The van der Waals surface area contributed by atoms with Gasteiger partial charge in [-0.2, -0.15) is 4.99 Å². The van der Waals surface area contributed by atoms with Crippen molar-refractivity contribution in [2.75, 3.05) is 13.7 Å². The van der Waals surface area contributed by atoms with E-state index in [1.165, 1.54) is 16.9 Å². The summed E-state index contributed by atoms with van der Waals surface area (Å²) in [5.41, 5.74) is 5.63. The number of amides is 1. The molecule has 0 aliphatic carbocycles. The Labute approximate surface area is 171 Å². The molecule has 2 aromatic carbocycles. The molecule has 0 radical (unpaired) electrons. The van der Waals surface area contributed by atoms with Crippen molar-refractivity contribution in [2.45, 2.75) is 33.7 Å². The molecule has 0 spiro atoms. The molecule has 0 bridgehead atoms. The molecule has 4 nitrogen and oxygen atoms in total. The molecule has 27 heavy (non-hydrogen) atoms. The van der Waals surface area contributed by atoms with Crippen LogP contribution in [0.1, 0.15) is 22.3 Å². The maximum atomic E-state index is 12.7. The standard InChI is InChI=1S/C21H23BrN2O2S/c1-13-9-14(2)17(15(3)10-13)12-20(25)23-21-24(7-8-26-4)18-6-5-16(22)11-19(18)27-21/h5-6,9-11H,7-8,12H2,1-4H3. The third-order valence-corrected chi connectivity index (χ3v) is 6.09. The molecule has 3 rings (SSSR count). The minimum Gasteiger partial charge on any atom is -0.383 e. The van der Waals surface area contributed by atoms with E-state index in [4.69, 9.17) is 4.74 Å². The normalized spacial score (nSPS) is 12.1. The predicted molar refractivity (Wildman–Crippen MR) is 114 cm³/mol. The number of nitrogens with zero attached hydrogens (tertiary/aromatic N) is 2. The monoisotopic (exact) mass is 446 g/mol. The molecule has 0 N–H and O–H groups in total. The van der Waals surface area contributed by atoms with E-state index in [-0.39, 0.29) is 5.91 Å². The van der Waals surface area contributed by atoms with Crippen LogP contribution in [-0.4, -0.2) is 24.2 Å². The van der Waals surface area contributed by atoms with Crippen LogP contribution in [0, 0.1) is 20.8 Å². The average molecular weight is 447 g/mol. The van der Waals surface area contributed by atoms with Crippen molar-refractivity contribution in [3.05, 3.63) is 61.9 Å². The van der Waals surface area contributed by atoms with Crippen LogP contribution in [0.25, 0.3) is 10.2 Å². The summed E-state index contributed by atoms with van der Waals surface area (Å²) in [6.45, 7) is 7.41. The number of carbonyl (C=O) groups is 1. The molecule has 0 atom stereocenters. The van der Waals surface area contributed by atoms with Crippen molar-refractivity contribution in [1.82, 2.24) is 4.57 Å². The number of hydrogen-bond donors (Lipinski definition) is 0. The summed E-state index contributed by atoms with van der Waals surface area (Å²) in [6, 6.07) is 10.3. The molecule has 0 fully saturated rings. The number of methoxy groups -OCH3 is 1. The highest BCUT2D eigenvalue weighted by atomic mass is 79.9. The second-order valence-electron chi connectivity index (χ2n) is 6.70. The quantitative estimate of drug-likeness (QED) is 0.569. The van der Waals surface area contributed by atoms with E-state index in [2.05, 4.69) is 64.5 Å². The van der Waals surface area contributed by atoms with Gasteiger partial charge in [0.2, 0.25) is 0 Å². The van der Waals surface area contributed by atoms with Gasteiger partial charge in [-0.05, 0) is 55.7 Å². The Morgan fingerprint density at radius 1 is 1.19 bits per heavy atom. The molecule has 3 aromatic rings. The fourth-order valence-corrected chi connectivity index (χ4v) is 4.94. The molecule has 0 unspecified atom stereocenters. The van der Waals surface area contributed by atoms with Crippen LogP contribution in [0.15, 0.2) is 39.8 Å². The summed E-state index contributed by atoms with van der Waals surface area (Å²) in [7, 11) is 1.68. The SMILES string of the molecule is COCCn1c(=NC(=O)Cc2c(C)cc(C)cc2C)sc2cc(Br)ccc21. The van der Waals surface area contributed by atoms with Crippen LogP contribution in [0.2, 0.25) is 0 Å². The van der Waals surface area contributed by atoms with E-state index in [0.29, 0.717) is 24.4 Å². The topological polar surface area (TPSA) is 43.6 Å². The van der Waals surface area contributed by atoms with Crippen molar-refractivity contribution in [1.29, 1.82) is 0 Å². The highest BCUT2D eigenvalue weighted by Gasteiger charge is 2.11. The van der Waals surface area contributed by atoms with Crippen molar-refractivity contribution in [3.8, 4) is 0 Å². The number of carbonyl (C=O) groups excluding carboxylic acids is 1. The van der Waals surface area contributed by atoms with E-state index >= 15 is 0 Å². The van der Waals surface area contributed by atoms with Crippen LogP contribution >= 0.6 is 27.3 Å². The summed E-state index contributed by atoms with van der Waals surface area (Å²) in [4.78, 5) is 17.9. The number of thiazole rings is 1. The Morgan fingerprint density at radius 3 is 2.56 bits per heavy atom. The number of benzene rings is 2. The molecule has 142 valence electrons. The van der Waals surface area contributed by atoms with Gasteiger partial charge in [0.15, 0.2) is 4.80 Å². The average Bonchev–Trinajstić information content (AvgIpc) is 2.92. The molecule has 1 aromatic heterocycles. The van der Waals surface area contributed by atoms with Crippen molar-refractivity contribution >= 4 is 43.4 Å². The van der Waals surface area contributed by atoms with E-state index in [1.807, 2.05) is 12.1 Å². The lowest BCUT2D eigenvalue weighted by Gasteiger charge is -2.09. The Morgan fingerprint density at radius 2 is 1.89 bits per heavy atom. The van der Waals surface area contributed by atoms with Gasteiger partial charge in [0, 0.05) is 18.1 Å². The summed E-state index contributed by atoms with van der Waals surface area (Å²) in [5.74, 6) is -0.123. The summed E-state index contributed by atoms with van der Waals surface area (Å²) >= 11 is 5.04. The Balaban J connectivity index is 2.00. The number of hydrogen-bond acceptors (Lipinski definition) is 3. The molecule has 0 aliphatic rings. The second kappa shape index (κ2) is 8.50. The zero-order chi connectivity index (χ0) is 19.6. The first kappa shape index (κ1) is 20.0. The summed E-state index contributed by atoms with van der Waals surface area (Å²) in [6.07, 6.45) is 0.320. The summed E-state index contributed by atoms with van der Waals surface area (Å²) < 4.78 is 9.40. The van der Waals surface area contributed by atoms with E-state index in [0.717, 1.165) is 31.4 Å². The Bertz CT molecular complexity index is 1040. The van der Waals surface area contributed by atoms with Gasteiger partial charge in [-0.1, -0.05) is 45.0 Å². The number of aromatic nitrogens is 1. The smallest absolute Gasteiger partial charge is 0.252 e. The number of halogens is 1. The molecule has 0 saturated heterocycles. The summed E-state index contributed by atoms with van der Waals surface area (Å²) in [5, 5.41) is 0. The first-order chi connectivity index (χ1) is 12.9. The maximum Gasteiger partial charge on any atom is 0.252 e. The van der Waals surface area contributed by atoms with E-state index < -0.39 is 0 Å². The minimum absolute atomic E-state index is 0.123. The van der Waals surface area contributed by atoms with E-state index in [9.17, 15) is 4.79 Å². The first-order valence-electron chi connectivity index (χ1n) is 8.81. The number of aryl methyl sites for hydroxylation is 3. The van der Waals surface area contributed by atoms with Crippen LogP contribution in [-0.2, 0) is 22.5 Å². The molecule has 1 amide bonds. The lowest BCUT2D eigenvalue weighted by atomic mass is 9.97. The molecule has 0 saturated carbocycles. The molecule has 0 aliphatic heterocycles. The highest BCUT2D eigenvalue weighted by molar-refractivity contribution is 9.10. The van der Waals surface area contributed by atoms with Crippen molar-refractivity contribution in [3.63, 3.8) is 0 Å². The van der Waals surface area contributed by atoms with Crippen molar-refractivity contribution < 1.29 is 9.53 Å². The minimum atomic E-state index is -0.123. The second-order valence-corrected chi connectivity index (χ2v) is 8.63. The number of fused-ring (bicyclic) bond motifs is 1. The van der Waals surface area contributed by atoms with Crippen LogP contribution in [0.3, 0.4) is 0 Å². The van der Waals surface area contributed by atoms with Gasteiger partial charge in [0.25, 0.3) is 5.91 Å². The Kier molecular flexibility index (Phi) is 6.29. The highest BCUT2D eigenvalue weighted by Crippen LogP contribution is 2.22. The van der Waals surface area contributed by atoms with Gasteiger partial charge in [0.05, 0.1) is 23.2 Å². The van der Waals surface area contributed by atoms with Gasteiger partial charge in [-0.25, -0.2) is 0 Å². The first-order valence-corrected chi connectivity index (χ1v) is 10.4. The Hall–Kier alpha value is -1.76. The fourth-order valence-electron chi connectivity index (χ4n) is 3.32. The lowest BCUT2D eigenvalue weighted by Crippen LogP contribution is -2.20. The predicted octanol–water partition coefficient (Wildman–Crippen LogP) is 4.71. The number of ether oxygens (including phenoxy) is 1. The van der Waals surface area contributed by atoms with E-state index in [1.54, 1.807) is 7.11 Å². The van der Waals surface area contributed by atoms with Gasteiger partial charge >= 0.3 is 0 Å². The van der Waals surface area contributed by atoms with Gasteiger partial charge in [0.1, 0.15) is 0 Å². The maximum absolute atomic E-state index is 12.7. The third-order valence-electron chi connectivity index (χ3n) is 4.55. The lowest BCUT2D eigenvalue weighted by molar-refractivity contribution is -0.117. The van der Waals surface area contributed by atoms with Crippen molar-refractivity contribution in [2.24, 2.45) is 4.99 Å². The zero-order valence-electron chi connectivity index (χ0n) is 16.0.